The van der Waals surface area contributed by atoms with Crippen LogP contribution in [-0.4, -0.2) is 57.2 Å². The molecule has 3 heterocycles. The van der Waals surface area contributed by atoms with Gasteiger partial charge < -0.3 is 24.7 Å². The molecular weight excluding hydrogens is 525 g/mol. The van der Waals surface area contributed by atoms with Gasteiger partial charge in [0.15, 0.2) is 0 Å². The van der Waals surface area contributed by atoms with E-state index in [4.69, 9.17) is 9.47 Å². The topological polar surface area (TPSA) is 93.5 Å². The largest absolute Gasteiger partial charge is 0.457 e. The van der Waals surface area contributed by atoms with Crippen LogP contribution in [0.3, 0.4) is 0 Å². The van der Waals surface area contributed by atoms with Gasteiger partial charge in [0.05, 0.1) is 35.3 Å². The number of carbonyl (C=O) groups excluding carboxylic acids is 1. The first-order valence-corrected chi connectivity index (χ1v) is 12.8. The number of rotatable bonds is 7. The number of hydrogen-bond acceptors (Lipinski definition) is 7. The summed E-state index contributed by atoms with van der Waals surface area (Å²) in [6.07, 6.45) is -2.71. The number of aryl methyl sites for hydroxylation is 1. The number of alkyl halides is 3. The van der Waals surface area contributed by atoms with E-state index in [1.807, 2.05) is 19.9 Å². The second-order valence-electron chi connectivity index (χ2n) is 9.82. The van der Waals surface area contributed by atoms with Crippen LogP contribution in [0.1, 0.15) is 19.4 Å². The van der Waals surface area contributed by atoms with Gasteiger partial charge in [-0.05, 0) is 56.3 Å². The Morgan fingerprint density at radius 3 is 2.45 bits per heavy atom. The quantitative estimate of drug-likeness (QED) is 0.309. The molecule has 2 N–H and O–H groups in total. The minimum absolute atomic E-state index is 0.0690. The van der Waals surface area contributed by atoms with Crippen molar-refractivity contribution in [3.63, 3.8) is 0 Å². The fourth-order valence-electron chi connectivity index (χ4n) is 4.70. The fourth-order valence-corrected chi connectivity index (χ4v) is 4.70. The van der Waals surface area contributed by atoms with Gasteiger partial charge in [0.25, 0.3) is 0 Å². The lowest BCUT2D eigenvalue weighted by atomic mass is 10.2. The molecule has 210 valence electrons. The van der Waals surface area contributed by atoms with Crippen LogP contribution in [0.15, 0.2) is 60.8 Å². The van der Waals surface area contributed by atoms with Gasteiger partial charge >= 0.3 is 6.18 Å². The minimum Gasteiger partial charge on any atom is -0.457 e. The van der Waals surface area contributed by atoms with Gasteiger partial charge in [0, 0.05) is 44.2 Å². The van der Waals surface area contributed by atoms with E-state index in [9.17, 15) is 18.0 Å². The van der Waals surface area contributed by atoms with Crippen molar-refractivity contribution in [2.24, 2.45) is 7.05 Å². The average Bonchev–Trinajstić information content (AvgIpc) is 3.17. The molecule has 5 rings (SSSR count). The maximum atomic E-state index is 12.9. The predicted octanol–water partition coefficient (Wildman–Crippen LogP) is 5.57. The standard InChI is InChI=1S/C28H29F3N6O3/c1-17-14-37(15-18(2)39-17)16-26(38)35-25-13-22(10-11-32-25)40-21-8-9-24-23(12-21)34-27(36(24)3)33-20-6-4-19(5-7-20)28(29,30)31/h4-13,17-18H,14-16H2,1-3H3,(H,33,34)(H,32,35,38)/t17-,18+. The number of nitrogens with zero attached hydrogens (tertiary/aromatic N) is 4. The summed E-state index contributed by atoms with van der Waals surface area (Å²) in [4.78, 5) is 23.4. The number of ether oxygens (including phenoxy) is 2. The summed E-state index contributed by atoms with van der Waals surface area (Å²) in [6.45, 7) is 5.59. The van der Waals surface area contributed by atoms with Crippen LogP contribution in [-0.2, 0) is 22.8 Å². The van der Waals surface area contributed by atoms with Crippen LogP contribution in [0.5, 0.6) is 11.5 Å². The molecule has 1 saturated heterocycles. The van der Waals surface area contributed by atoms with Crippen LogP contribution in [0.4, 0.5) is 30.6 Å². The number of carbonyl (C=O) groups is 1. The lowest BCUT2D eigenvalue weighted by molar-refractivity contribution is -0.137. The monoisotopic (exact) mass is 554 g/mol. The first-order chi connectivity index (χ1) is 19.0. The van der Waals surface area contributed by atoms with Crippen molar-refractivity contribution in [3.8, 4) is 11.5 Å². The number of morpholine rings is 1. The summed E-state index contributed by atoms with van der Waals surface area (Å²) in [5, 5.41) is 5.88. The van der Waals surface area contributed by atoms with Gasteiger partial charge in [-0.25, -0.2) is 9.97 Å². The number of amides is 1. The molecule has 40 heavy (non-hydrogen) atoms. The molecule has 0 spiro atoms. The van der Waals surface area contributed by atoms with E-state index in [-0.39, 0.29) is 24.7 Å². The second-order valence-corrected chi connectivity index (χ2v) is 9.82. The zero-order valence-electron chi connectivity index (χ0n) is 22.2. The van der Waals surface area contributed by atoms with E-state index in [0.29, 0.717) is 47.6 Å². The first-order valence-electron chi connectivity index (χ1n) is 12.8. The molecule has 2 aromatic carbocycles. The Labute approximate surface area is 228 Å². The molecule has 0 saturated carbocycles. The number of hydrogen-bond donors (Lipinski definition) is 2. The zero-order chi connectivity index (χ0) is 28.4. The molecule has 2 aromatic heterocycles. The molecule has 1 fully saturated rings. The van der Waals surface area contributed by atoms with Crippen LogP contribution in [0.25, 0.3) is 11.0 Å². The molecule has 0 bridgehead atoms. The number of fused-ring (bicyclic) bond motifs is 1. The van der Waals surface area contributed by atoms with Crippen molar-refractivity contribution >= 4 is 34.4 Å². The van der Waals surface area contributed by atoms with E-state index < -0.39 is 11.7 Å². The second kappa shape index (κ2) is 11.1. The van der Waals surface area contributed by atoms with Gasteiger partial charge in [0.2, 0.25) is 11.9 Å². The Morgan fingerprint density at radius 1 is 1.05 bits per heavy atom. The maximum Gasteiger partial charge on any atom is 0.416 e. The lowest BCUT2D eigenvalue weighted by Crippen LogP contribution is -2.48. The molecule has 4 aromatic rings. The summed E-state index contributed by atoms with van der Waals surface area (Å²) in [7, 11) is 1.80. The molecule has 9 nitrogen and oxygen atoms in total. The van der Waals surface area contributed by atoms with Gasteiger partial charge in [-0.2, -0.15) is 13.2 Å². The molecular formula is C28H29F3N6O3. The SMILES string of the molecule is C[C@@H]1CN(CC(=O)Nc2cc(Oc3ccc4c(c3)nc(Nc3ccc(C(F)(F)F)cc3)n4C)ccn2)C[C@H](C)O1. The van der Waals surface area contributed by atoms with Gasteiger partial charge in [0.1, 0.15) is 17.3 Å². The van der Waals surface area contributed by atoms with Crippen molar-refractivity contribution in [3.05, 3.63) is 66.4 Å². The molecule has 1 amide bonds. The Kier molecular flexibility index (Phi) is 7.63. The Balaban J connectivity index is 1.24. The van der Waals surface area contributed by atoms with Crippen LogP contribution in [0.2, 0.25) is 0 Å². The molecule has 12 heteroatoms. The van der Waals surface area contributed by atoms with Crippen molar-refractivity contribution in [2.75, 3.05) is 30.3 Å². The van der Waals surface area contributed by atoms with E-state index in [1.54, 1.807) is 42.1 Å². The lowest BCUT2D eigenvalue weighted by Gasteiger charge is -2.34. The smallest absolute Gasteiger partial charge is 0.416 e. The number of nitrogens with one attached hydrogen (secondary N) is 2. The molecule has 0 aliphatic carbocycles. The van der Waals surface area contributed by atoms with E-state index in [0.717, 1.165) is 17.6 Å². The van der Waals surface area contributed by atoms with Crippen molar-refractivity contribution in [2.45, 2.75) is 32.2 Å². The normalized spacial score (nSPS) is 18.1. The van der Waals surface area contributed by atoms with Crippen molar-refractivity contribution in [1.29, 1.82) is 0 Å². The highest BCUT2D eigenvalue weighted by Gasteiger charge is 2.30. The third kappa shape index (κ3) is 6.52. The van der Waals surface area contributed by atoms with Crippen LogP contribution < -0.4 is 15.4 Å². The Bertz CT molecular complexity index is 1500. The molecule has 0 unspecified atom stereocenters. The zero-order valence-corrected chi connectivity index (χ0v) is 22.2. The molecule has 1 aliphatic heterocycles. The predicted molar refractivity (Wildman–Crippen MR) is 145 cm³/mol. The maximum absolute atomic E-state index is 12.9. The number of imidazole rings is 1. The highest BCUT2D eigenvalue weighted by molar-refractivity contribution is 5.91. The number of pyridine rings is 1. The minimum atomic E-state index is -4.39. The average molecular weight is 555 g/mol. The van der Waals surface area contributed by atoms with Gasteiger partial charge in [-0.1, -0.05) is 0 Å². The first kappa shape index (κ1) is 27.4. The molecule has 1 aliphatic rings. The van der Waals surface area contributed by atoms with E-state index in [2.05, 4.69) is 25.5 Å². The van der Waals surface area contributed by atoms with Gasteiger partial charge in [-0.3, -0.25) is 9.69 Å². The highest BCUT2D eigenvalue weighted by Crippen LogP contribution is 2.31. The summed E-state index contributed by atoms with van der Waals surface area (Å²) in [5.74, 6) is 1.67. The Morgan fingerprint density at radius 2 is 1.75 bits per heavy atom. The number of aromatic nitrogens is 3. The fraction of sp³-hybridized carbons (Fsp3) is 0.321. The summed E-state index contributed by atoms with van der Waals surface area (Å²) in [5.41, 5.74) is 1.19. The Hall–Kier alpha value is -4.16. The molecule has 0 radical (unpaired) electrons. The third-order valence-corrected chi connectivity index (χ3v) is 6.42. The van der Waals surface area contributed by atoms with Crippen LogP contribution in [0, 0.1) is 0 Å². The van der Waals surface area contributed by atoms with E-state index >= 15 is 0 Å². The highest BCUT2D eigenvalue weighted by atomic mass is 19.4. The molecule has 2 atom stereocenters. The van der Waals surface area contributed by atoms with Crippen LogP contribution >= 0.6 is 0 Å². The van der Waals surface area contributed by atoms with E-state index in [1.165, 1.54) is 12.1 Å². The number of benzene rings is 2. The summed E-state index contributed by atoms with van der Waals surface area (Å²) in [6, 6.07) is 13.5. The summed E-state index contributed by atoms with van der Waals surface area (Å²) >= 11 is 0. The van der Waals surface area contributed by atoms with Crippen molar-refractivity contribution < 1.29 is 27.4 Å². The number of anilines is 3. The third-order valence-electron chi connectivity index (χ3n) is 6.42. The number of halogens is 3. The summed E-state index contributed by atoms with van der Waals surface area (Å²) < 4.78 is 52.1. The van der Waals surface area contributed by atoms with Crippen molar-refractivity contribution in [1.82, 2.24) is 19.4 Å². The van der Waals surface area contributed by atoms with Gasteiger partial charge in [-0.15, -0.1) is 0 Å².